The summed E-state index contributed by atoms with van der Waals surface area (Å²) in [5.74, 6) is 0.781. The third kappa shape index (κ3) is 3.03. The second kappa shape index (κ2) is 6.19. The maximum Gasteiger partial charge on any atom is 0.0332 e. The Morgan fingerprint density at radius 3 is 2.18 bits per heavy atom. The largest absolute Gasteiger partial charge is 0.311 e. The molecule has 0 aliphatic carbocycles. The normalized spacial score (nSPS) is 27.4. The van der Waals surface area contributed by atoms with E-state index in [0.29, 0.717) is 17.6 Å². The maximum absolute atomic E-state index is 3.81. The summed E-state index contributed by atoms with van der Waals surface area (Å²) in [6, 6.07) is 1.33. The van der Waals surface area contributed by atoms with Gasteiger partial charge in [-0.3, -0.25) is 4.90 Å². The van der Waals surface area contributed by atoms with E-state index in [9.17, 15) is 0 Å². The van der Waals surface area contributed by atoms with E-state index < -0.39 is 0 Å². The third-order valence-corrected chi connectivity index (χ3v) is 4.97. The molecule has 1 rings (SSSR count). The van der Waals surface area contributed by atoms with Crippen LogP contribution in [0.2, 0.25) is 0 Å². The molecule has 1 saturated heterocycles. The molecule has 0 bridgehead atoms. The molecule has 0 aromatic rings. The van der Waals surface area contributed by atoms with Crippen LogP contribution >= 0.6 is 0 Å². The maximum atomic E-state index is 3.81. The zero-order valence-corrected chi connectivity index (χ0v) is 12.7. The van der Waals surface area contributed by atoms with E-state index in [0.717, 1.165) is 12.5 Å². The Morgan fingerprint density at radius 1 is 1.18 bits per heavy atom. The highest BCUT2D eigenvalue weighted by molar-refractivity contribution is 4.99. The van der Waals surface area contributed by atoms with Crippen molar-refractivity contribution in [2.75, 3.05) is 13.1 Å². The van der Waals surface area contributed by atoms with Crippen LogP contribution in [0.1, 0.15) is 60.8 Å². The summed E-state index contributed by atoms with van der Waals surface area (Å²) >= 11 is 0. The van der Waals surface area contributed by atoms with Crippen LogP contribution in [0, 0.1) is 5.92 Å². The molecule has 1 N–H and O–H groups in total. The highest BCUT2D eigenvalue weighted by Gasteiger charge is 2.40. The van der Waals surface area contributed by atoms with Crippen molar-refractivity contribution in [1.29, 1.82) is 0 Å². The van der Waals surface area contributed by atoms with Crippen molar-refractivity contribution in [1.82, 2.24) is 10.2 Å². The number of rotatable bonds is 5. The Balaban J connectivity index is 2.81. The second-order valence-electron chi connectivity index (χ2n) is 6.05. The van der Waals surface area contributed by atoms with Crippen LogP contribution in [0.5, 0.6) is 0 Å². The molecule has 0 radical (unpaired) electrons. The Labute approximate surface area is 108 Å². The number of hydrogen-bond donors (Lipinski definition) is 1. The Hall–Kier alpha value is -0.0800. The van der Waals surface area contributed by atoms with Crippen molar-refractivity contribution in [3.8, 4) is 0 Å². The highest BCUT2D eigenvalue weighted by atomic mass is 15.3. The lowest BCUT2D eigenvalue weighted by Crippen LogP contribution is -2.67. The van der Waals surface area contributed by atoms with Crippen molar-refractivity contribution >= 4 is 0 Å². The molecular weight excluding hydrogens is 208 g/mol. The molecule has 0 spiro atoms. The van der Waals surface area contributed by atoms with Crippen molar-refractivity contribution in [2.24, 2.45) is 5.92 Å². The van der Waals surface area contributed by atoms with Gasteiger partial charge in [0.2, 0.25) is 0 Å². The molecule has 1 heterocycles. The summed E-state index contributed by atoms with van der Waals surface area (Å²) in [7, 11) is 0. The molecule has 2 atom stereocenters. The summed E-state index contributed by atoms with van der Waals surface area (Å²) in [5, 5.41) is 3.81. The minimum absolute atomic E-state index is 0.387. The first kappa shape index (κ1) is 15.0. The summed E-state index contributed by atoms with van der Waals surface area (Å²) in [5.41, 5.74) is 0.387. The van der Waals surface area contributed by atoms with Crippen molar-refractivity contribution in [2.45, 2.75) is 78.4 Å². The first-order valence-corrected chi connectivity index (χ1v) is 7.50. The minimum atomic E-state index is 0.387. The fourth-order valence-corrected chi connectivity index (χ4v) is 3.22. The Bertz CT molecular complexity index is 221. The smallest absolute Gasteiger partial charge is 0.0332 e. The molecular formula is C15H32N2. The number of nitrogens with one attached hydrogen (secondary N) is 1. The zero-order chi connectivity index (χ0) is 13.1. The molecule has 1 aliphatic heterocycles. The topological polar surface area (TPSA) is 15.3 Å². The third-order valence-electron chi connectivity index (χ3n) is 4.97. The van der Waals surface area contributed by atoms with E-state index >= 15 is 0 Å². The van der Waals surface area contributed by atoms with Crippen LogP contribution in [-0.2, 0) is 0 Å². The number of piperazine rings is 1. The SMILES string of the molecule is CCC(C)C1CN(C(C)C)C(CC)(CC)CN1. The van der Waals surface area contributed by atoms with Gasteiger partial charge in [0, 0.05) is 30.7 Å². The van der Waals surface area contributed by atoms with Gasteiger partial charge in [-0.1, -0.05) is 34.1 Å². The number of hydrogen-bond acceptors (Lipinski definition) is 2. The van der Waals surface area contributed by atoms with E-state index in [1.807, 2.05) is 0 Å². The van der Waals surface area contributed by atoms with Crippen LogP contribution in [-0.4, -0.2) is 35.6 Å². The van der Waals surface area contributed by atoms with E-state index in [1.54, 1.807) is 0 Å². The van der Waals surface area contributed by atoms with Crippen LogP contribution in [0.3, 0.4) is 0 Å². The Morgan fingerprint density at radius 2 is 1.76 bits per heavy atom. The van der Waals surface area contributed by atoms with Gasteiger partial charge in [-0.05, 0) is 32.6 Å². The zero-order valence-electron chi connectivity index (χ0n) is 12.7. The van der Waals surface area contributed by atoms with Gasteiger partial charge in [0.15, 0.2) is 0 Å². The number of nitrogens with zero attached hydrogens (tertiary/aromatic N) is 1. The fraction of sp³-hybridized carbons (Fsp3) is 1.00. The second-order valence-corrected chi connectivity index (χ2v) is 6.05. The molecule has 102 valence electrons. The summed E-state index contributed by atoms with van der Waals surface area (Å²) < 4.78 is 0. The predicted molar refractivity (Wildman–Crippen MR) is 76.4 cm³/mol. The van der Waals surface area contributed by atoms with Gasteiger partial charge in [-0.25, -0.2) is 0 Å². The van der Waals surface area contributed by atoms with Crippen LogP contribution in [0.15, 0.2) is 0 Å². The first-order chi connectivity index (χ1) is 8.00. The standard InChI is InChI=1S/C15H32N2/c1-7-13(6)14-10-17(12(4)5)15(8-2,9-3)11-16-14/h12-14,16H,7-11H2,1-6H3. The first-order valence-electron chi connectivity index (χ1n) is 7.50. The quantitative estimate of drug-likeness (QED) is 0.793. The minimum Gasteiger partial charge on any atom is -0.311 e. The van der Waals surface area contributed by atoms with Crippen LogP contribution in [0.4, 0.5) is 0 Å². The van der Waals surface area contributed by atoms with E-state index in [1.165, 1.54) is 25.8 Å². The lowest BCUT2D eigenvalue weighted by molar-refractivity contribution is -0.00330. The van der Waals surface area contributed by atoms with E-state index in [-0.39, 0.29) is 0 Å². The molecule has 0 aromatic carbocycles. The van der Waals surface area contributed by atoms with Crippen LogP contribution in [0.25, 0.3) is 0 Å². The van der Waals surface area contributed by atoms with Gasteiger partial charge in [-0.15, -0.1) is 0 Å². The summed E-state index contributed by atoms with van der Waals surface area (Å²) in [6.07, 6.45) is 3.78. The molecule has 2 heteroatoms. The predicted octanol–water partition coefficient (Wildman–Crippen LogP) is 3.27. The van der Waals surface area contributed by atoms with Crippen LogP contribution < -0.4 is 5.32 Å². The molecule has 2 unspecified atom stereocenters. The molecule has 2 nitrogen and oxygen atoms in total. The van der Waals surface area contributed by atoms with Gasteiger partial charge >= 0.3 is 0 Å². The van der Waals surface area contributed by atoms with Crippen molar-refractivity contribution < 1.29 is 0 Å². The average Bonchev–Trinajstić information content (AvgIpc) is 2.36. The van der Waals surface area contributed by atoms with Crippen molar-refractivity contribution in [3.63, 3.8) is 0 Å². The van der Waals surface area contributed by atoms with Gasteiger partial charge in [-0.2, -0.15) is 0 Å². The van der Waals surface area contributed by atoms with Gasteiger partial charge in [0.05, 0.1) is 0 Å². The monoisotopic (exact) mass is 240 g/mol. The molecule has 0 aromatic heterocycles. The lowest BCUT2D eigenvalue weighted by atomic mass is 9.83. The molecule has 1 fully saturated rings. The lowest BCUT2D eigenvalue weighted by Gasteiger charge is -2.52. The molecule has 17 heavy (non-hydrogen) atoms. The van der Waals surface area contributed by atoms with Gasteiger partial charge < -0.3 is 5.32 Å². The summed E-state index contributed by atoms with van der Waals surface area (Å²) in [6.45, 7) is 16.4. The molecule has 0 saturated carbocycles. The molecule has 0 amide bonds. The average molecular weight is 240 g/mol. The van der Waals surface area contributed by atoms with Crippen molar-refractivity contribution in [3.05, 3.63) is 0 Å². The molecule has 1 aliphatic rings. The Kier molecular flexibility index (Phi) is 5.46. The van der Waals surface area contributed by atoms with E-state index in [4.69, 9.17) is 0 Å². The highest BCUT2D eigenvalue weighted by Crippen LogP contribution is 2.30. The van der Waals surface area contributed by atoms with Gasteiger partial charge in [0.1, 0.15) is 0 Å². The van der Waals surface area contributed by atoms with Gasteiger partial charge in [0.25, 0.3) is 0 Å². The fourth-order valence-electron chi connectivity index (χ4n) is 3.22. The van der Waals surface area contributed by atoms with E-state index in [2.05, 4.69) is 51.8 Å². The summed E-state index contributed by atoms with van der Waals surface area (Å²) in [4.78, 5) is 2.75.